The molecule has 6 heterocycles. The number of rotatable bonds is 29. The van der Waals surface area contributed by atoms with E-state index in [9.17, 15) is 56.2 Å². The van der Waals surface area contributed by atoms with E-state index in [4.69, 9.17) is 73.0 Å². The summed E-state index contributed by atoms with van der Waals surface area (Å²) in [5.41, 5.74) is 0. The van der Waals surface area contributed by atoms with Crippen LogP contribution in [0.15, 0.2) is 0 Å². The SMILES string of the molecule is C.C.CCC1O[C@@H](COCC2O[C@@H](COCC3O[C@@H](COC)C(O)[C@H](OS)[C@H]3COC[C@@H]3OC(CO)[C@H](O)[C@@H](COC[C@@H]4OC[C@@H](CCC[C@@H]5OC[C@@H](O)[C@H](OS)C5O)[C@H](OS)C4O)C3O)C(O)[C@H](OS)[C@H]2O)C(O)[C@H](OS)[C@H]1O. The van der Waals surface area contributed by atoms with E-state index in [1.807, 2.05) is 0 Å². The van der Waals surface area contributed by atoms with E-state index in [2.05, 4.69) is 64.5 Å². The normalized spacial score (nSPS) is 44.5. The van der Waals surface area contributed by atoms with Crippen LogP contribution in [0.25, 0.3) is 0 Å². The smallest absolute Gasteiger partial charge is 0.129 e. The molecule has 6 saturated heterocycles. The second-order valence-corrected chi connectivity index (χ2v) is 21.7. The molecule has 11 N–H and O–H groups in total. The lowest BCUT2D eigenvalue weighted by Gasteiger charge is -2.45. The fraction of sp³-hybridized carbons (Fsp3) is 1.00. The van der Waals surface area contributed by atoms with Gasteiger partial charge >= 0.3 is 0 Å². The Hall–Kier alpha value is 0.670. The standard InChI is InChI=1S/C46H82O27S5.2CH4/c1-3-23-35(51)45(72-77)39(55)30(65-23)16-62-18-32-41(57)46(73-78)40(56)31(68-32)17-61-13-26-20(43(70-75)38(54)28(67-26)12-58-2)9-59-15-29-34(50)21(33(49)25(7-47)66-29)10-60-14-27-37(53)42(69-74)19(8-63-27)5-4-6-24-36(52)44(71-76)22(48)11-64-24;;/h19-57,74-78H,3-18H2,1-2H3;2*1H4/t19-,20+,21-,22-,23?,24+,25?,26?,27+,28+,29+,30+,31+,32?,33-,34?,35+,36?,37?,38?,39?,40?,41+,42+,43-,44+,45-,46+;;/m1../s1. The molecule has 28 atom stereocenters. The highest BCUT2D eigenvalue weighted by molar-refractivity contribution is 7.75. The molecule has 32 heteroatoms. The van der Waals surface area contributed by atoms with Gasteiger partial charge in [0.05, 0.1) is 110 Å². The van der Waals surface area contributed by atoms with E-state index >= 15 is 0 Å². The van der Waals surface area contributed by atoms with E-state index in [1.165, 1.54) is 7.11 Å². The van der Waals surface area contributed by atoms with Crippen LogP contribution in [0.5, 0.6) is 0 Å². The van der Waals surface area contributed by atoms with Gasteiger partial charge in [0.25, 0.3) is 0 Å². The number of hydrogen-bond acceptors (Lipinski definition) is 32. The molecule has 6 aliphatic heterocycles. The van der Waals surface area contributed by atoms with Crippen LogP contribution < -0.4 is 0 Å². The highest BCUT2D eigenvalue weighted by Crippen LogP contribution is 2.35. The monoisotopic (exact) mass is 1260 g/mol. The third kappa shape index (κ3) is 18.2. The van der Waals surface area contributed by atoms with E-state index in [-0.39, 0.29) is 93.4 Å². The van der Waals surface area contributed by atoms with Crippen molar-refractivity contribution in [3.63, 3.8) is 0 Å². The summed E-state index contributed by atoms with van der Waals surface area (Å²) < 4.78 is 90.8. The van der Waals surface area contributed by atoms with Gasteiger partial charge in [-0.1, -0.05) is 28.2 Å². The van der Waals surface area contributed by atoms with E-state index in [0.29, 0.717) is 25.7 Å². The zero-order valence-corrected chi connectivity index (χ0v) is 47.6. The predicted octanol–water partition coefficient (Wildman–Crippen LogP) is -2.98. The van der Waals surface area contributed by atoms with Gasteiger partial charge in [-0.05, 0) is 83.8 Å². The van der Waals surface area contributed by atoms with Crippen molar-refractivity contribution in [1.82, 2.24) is 0 Å². The van der Waals surface area contributed by atoms with Crippen LogP contribution in [0.4, 0.5) is 0 Å². The van der Waals surface area contributed by atoms with Gasteiger partial charge in [0, 0.05) is 24.9 Å². The second kappa shape index (κ2) is 36.2. The van der Waals surface area contributed by atoms with Crippen molar-refractivity contribution in [3.05, 3.63) is 0 Å². The van der Waals surface area contributed by atoms with Crippen LogP contribution in [0.3, 0.4) is 0 Å². The molecule has 0 aliphatic carbocycles. The maximum atomic E-state index is 11.6. The third-order valence-corrected chi connectivity index (χ3v) is 16.9. The average molecular weight is 1260 g/mol. The lowest BCUT2D eigenvalue weighted by Crippen LogP contribution is -2.61. The molecule has 0 aromatic carbocycles. The van der Waals surface area contributed by atoms with Crippen molar-refractivity contribution < 1.29 is 129 Å². The second-order valence-electron chi connectivity index (χ2n) is 20.6. The van der Waals surface area contributed by atoms with Crippen molar-refractivity contribution in [2.45, 2.75) is 200 Å². The fourth-order valence-electron chi connectivity index (χ4n) is 11.1. The van der Waals surface area contributed by atoms with Gasteiger partial charge in [0.2, 0.25) is 0 Å². The molecule has 0 amide bonds. The van der Waals surface area contributed by atoms with E-state index < -0.39 is 171 Å². The lowest BCUT2D eigenvalue weighted by molar-refractivity contribution is -0.253. The molecule has 10 unspecified atom stereocenters. The van der Waals surface area contributed by atoms with Gasteiger partial charge in [-0.3, -0.25) is 0 Å². The molecule has 0 radical (unpaired) electrons. The summed E-state index contributed by atoms with van der Waals surface area (Å²) in [6.07, 6.45) is -25.1. The Kier molecular flexibility index (Phi) is 33.1. The van der Waals surface area contributed by atoms with Gasteiger partial charge in [0.1, 0.15) is 122 Å². The van der Waals surface area contributed by atoms with Crippen LogP contribution in [-0.2, 0) is 73.0 Å². The number of ether oxygens (including phenoxy) is 11. The molecule has 6 rings (SSSR count). The zero-order valence-electron chi connectivity index (χ0n) is 43.2. The van der Waals surface area contributed by atoms with Crippen LogP contribution in [0.1, 0.15) is 47.5 Å². The van der Waals surface area contributed by atoms with Crippen LogP contribution in [0.2, 0.25) is 0 Å². The molecule has 6 aliphatic rings. The number of methoxy groups -OCH3 is 1. The molecule has 474 valence electrons. The van der Waals surface area contributed by atoms with E-state index in [0.717, 1.165) is 0 Å². The fourth-order valence-corrected chi connectivity index (χ4v) is 12.4. The van der Waals surface area contributed by atoms with Crippen LogP contribution >= 0.6 is 64.5 Å². The summed E-state index contributed by atoms with van der Waals surface area (Å²) in [4.78, 5) is 0. The van der Waals surface area contributed by atoms with Crippen molar-refractivity contribution in [1.29, 1.82) is 0 Å². The largest absolute Gasteiger partial charge is 0.394 e. The number of hydrogen-bond donors (Lipinski definition) is 16. The minimum atomic E-state index is -1.44. The summed E-state index contributed by atoms with van der Waals surface area (Å²) in [6.45, 7) is -0.557. The molecular formula is C48H90O27S5. The highest BCUT2D eigenvalue weighted by atomic mass is 32.1. The Morgan fingerprint density at radius 3 is 1.30 bits per heavy atom. The zero-order chi connectivity index (χ0) is 56.8. The molecular weight excluding hydrogens is 1170 g/mol. The van der Waals surface area contributed by atoms with Crippen LogP contribution in [0, 0.1) is 17.8 Å². The summed E-state index contributed by atoms with van der Waals surface area (Å²) in [6, 6.07) is 0. The Morgan fingerprint density at radius 2 is 0.775 bits per heavy atom. The first-order valence-electron chi connectivity index (χ1n) is 26.1. The Labute approximate surface area is 495 Å². The molecule has 80 heavy (non-hydrogen) atoms. The van der Waals surface area contributed by atoms with Gasteiger partial charge in [0.15, 0.2) is 0 Å². The summed E-state index contributed by atoms with van der Waals surface area (Å²) in [7, 11) is 1.42. The van der Waals surface area contributed by atoms with Crippen molar-refractivity contribution >= 4 is 64.5 Å². The Bertz CT molecular complexity index is 1690. The third-order valence-electron chi connectivity index (χ3n) is 15.7. The molecule has 0 spiro atoms. The molecule has 6 fully saturated rings. The lowest BCUT2D eigenvalue weighted by atomic mass is 9.86. The number of aliphatic hydroxyl groups is 11. The van der Waals surface area contributed by atoms with Gasteiger partial charge < -0.3 is 129 Å². The predicted molar refractivity (Wildman–Crippen MR) is 294 cm³/mol. The Balaban J connectivity index is 0.00000689. The quantitative estimate of drug-likeness (QED) is 0.0262. The Morgan fingerprint density at radius 1 is 0.388 bits per heavy atom. The number of thiol groups is 5. The average Bonchev–Trinajstić information content (AvgIpc) is 3.43. The first kappa shape index (κ1) is 73.1. The minimum absolute atomic E-state index is 0. The van der Waals surface area contributed by atoms with Gasteiger partial charge in [-0.2, -0.15) is 0 Å². The van der Waals surface area contributed by atoms with Crippen LogP contribution in [-0.4, -0.2) is 295 Å². The van der Waals surface area contributed by atoms with Crippen molar-refractivity contribution in [3.8, 4) is 0 Å². The molecule has 0 aromatic heterocycles. The molecule has 0 bridgehead atoms. The molecule has 0 aromatic rings. The molecule has 27 nitrogen and oxygen atoms in total. The first-order chi connectivity index (χ1) is 37.5. The summed E-state index contributed by atoms with van der Waals surface area (Å²) >= 11 is 19.5. The molecule has 0 saturated carbocycles. The van der Waals surface area contributed by atoms with Gasteiger partial charge in [-0.15, -0.1) is 0 Å². The topological polar surface area (TPSA) is 370 Å². The maximum absolute atomic E-state index is 11.6. The van der Waals surface area contributed by atoms with E-state index in [1.54, 1.807) is 6.92 Å². The van der Waals surface area contributed by atoms with Gasteiger partial charge in [-0.25, -0.2) is 0 Å². The first-order valence-corrected chi connectivity index (χ1v) is 27.9. The van der Waals surface area contributed by atoms with Crippen molar-refractivity contribution in [2.75, 3.05) is 86.4 Å². The highest BCUT2D eigenvalue weighted by Gasteiger charge is 2.51. The summed E-state index contributed by atoms with van der Waals surface area (Å²) in [5.74, 6) is -2.11. The number of aliphatic hydroxyl groups excluding tert-OH is 11. The minimum Gasteiger partial charge on any atom is -0.394 e. The summed E-state index contributed by atoms with van der Waals surface area (Å²) in [5, 5.41) is 119. The maximum Gasteiger partial charge on any atom is 0.129 e. The van der Waals surface area contributed by atoms with Crippen molar-refractivity contribution in [2.24, 2.45) is 17.8 Å².